The lowest BCUT2D eigenvalue weighted by molar-refractivity contribution is 0.340. The SMILES string of the molecule is COc1cc(C=NNc2cccc(Cl)c2C)cc(OC)c1O. The Morgan fingerprint density at radius 1 is 1.18 bits per heavy atom. The average Bonchev–Trinajstić information content (AvgIpc) is 2.52. The van der Waals surface area contributed by atoms with Crippen molar-refractivity contribution in [3.05, 3.63) is 46.5 Å². The number of ether oxygens (including phenoxy) is 2. The first-order chi connectivity index (χ1) is 10.6. The molecular formula is C16H17ClN2O3. The Labute approximate surface area is 134 Å². The number of halogens is 1. The van der Waals surface area contributed by atoms with Gasteiger partial charge in [0.25, 0.3) is 0 Å². The number of phenolic OH excluding ortho intramolecular Hbond substituents is 1. The van der Waals surface area contributed by atoms with Crippen LogP contribution in [0.3, 0.4) is 0 Å². The number of phenols is 1. The zero-order valence-electron chi connectivity index (χ0n) is 12.6. The number of rotatable bonds is 5. The predicted molar refractivity (Wildman–Crippen MR) is 88.6 cm³/mol. The number of nitrogens with one attached hydrogen (secondary N) is 1. The first-order valence-electron chi connectivity index (χ1n) is 6.56. The molecule has 2 rings (SSSR count). The van der Waals surface area contributed by atoms with Gasteiger partial charge in [-0.25, -0.2) is 0 Å². The maximum absolute atomic E-state index is 9.86. The van der Waals surface area contributed by atoms with Crippen molar-refractivity contribution in [2.75, 3.05) is 19.6 Å². The van der Waals surface area contributed by atoms with Crippen LogP contribution in [0, 0.1) is 6.92 Å². The second-order valence-electron chi connectivity index (χ2n) is 4.56. The number of aromatic hydroxyl groups is 1. The van der Waals surface area contributed by atoms with Gasteiger partial charge in [0.2, 0.25) is 5.75 Å². The molecule has 2 aromatic carbocycles. The van der Waals surface area contributed by atoms with Crippen LogP contribution in [0.2, 0.25) is 5.02 Å². The van der Waals surface area contributed by atoms with Crippen LogP contribution in [0.4, 0.5) is 5.69 Å². The van der Waals surface area contributed by atoms with Gasteiger partial charge in [-0.2, -0.15) is 5.10 Å². The molecule has 0 saturated carbocycles. The van der Waals surface area contributed by atoms with Crippen molar-refractivity contribution in [1.29, 1.82) is 0 Å². The van der Waals surface area contributed by atoms with Crippen molar-refractivity contribution < 1.29 is 14.6 Å². The van der Waals surface area contributed by atoms with Crippen LogP contribution in [-0.2, 0) is 0 Å². The first kappa shape index (κ1) is 16.0. The molecule has 0 aliphatic rings. The zero-order chi connectivity index (χ0) is 16.1. The standard InChI is InChI=1S/C16H17ClN2O3/c1-10-12(17)5-4-6-13(10)19-18-9-11-7-14(21-2)16(20)15(8-11)22-3/h4-9,19-20H,1-3H3. The molecule has 6 heteroatoms. The van der Waals surface area contributed by atoms with Crippen LogP contribution in [-0.4, -0.2) is 25.5 Å². The predicted octanol–water partition coefficient (Wildman–Crippen LogP) is 3.82. The minimum atomic E-state index is -0.0409. The largest absolute Gasteiger partial charge is 0.502 e. The Morgan fingerprint density at radius 2 is 1.82 bits per heavy atom. The summed E-state index contributed by atoms with van der Waals surface area (Å²) in [5.74, 6) is 0.597. The second kappa shape index (κ2) is 7.04. The molecule has 0 atom stereocenters. The van der Waals surface area contributed by atoms with E-state index in [1.165, 1.54) is 14.2 Å². The van der Waals surface area contributed by atoms with Gasteiger partial charge in [0.15, 0.2) is 11.5 Å². The third-order valence-electron chi connectivity index (χ3n) is 3.17. The lowest BCUT2D eigenvalue weighted by atomic mass is 10.2. The van der Waals surface area contributed by atoms with Crippen LogP contribution in [0.25, 0.3) is 0 Å². The lowest BCUT2D eigenvalue weighted by Crippen LogP contribution is -1.95. The van der Waals surface area contributed by atoms with E-state index in [2.05, 4.69) is 10.5 Å². The van der Waals surface area contributed by atoms with E-state index < -0.39 is 0 Å². The van der Waals surface area contributed by atoms with Crippen molar-refractivity contribution in [3.63, 3.8) is 0 Å². The molecule has 116 valence electrons. The van der Waals surface area contributed by atoms with E-state index in [1.807, 2.05) is 25.1 Å². The lowest BCUT2D eigenvalue weighted by Gasteiger charge is -2.09. The van der Waals surface area contributed by atoms with Gasteiger partial charge in [0.1, 0.15) is 0 Å². The fraction of sp³-hybridized carbons (Fsp3) is 0.188. The molecule has 2 N–H and O–H groups in total. The minimum absolute atomic E-state index is 0.0409. The highest BCUT2D eigenvalue weighted by molar-refractivity contribution is 6.31. The normalized spacial score (nSPS) is 10.7. The van der Waals surface area contributed by atoms with E-state index in [9.17, 15) is 5.11 Å². The number of hydrogen-bond acceptors (Lipinski definition) is 5. The van der Waals surface area contributed by atoms with Gasteiger partial charge in [-0.05, 0) is 36.8 Å². The Morgan fingerprint density at radius 3 is 2.41 bits per heavy atom. The highest BCUT2D eigenvalue weighted by atomic mass is 35.5. The van der Waals surface area contributed by atoms with Gasteiger partial charge in [-0.15, -0.1) is 0 Å². The van der Waals surface area contributed by atoms with E-state index in [4.69, 9.17) is 21.1 Å². The summed E-state index contributed by atoms with van der Waals surface area (Å²) in [4.78, 5) is 0. The topological polar surface area (TPSA) is 63.1 Å². The number of benzene rings is 2. The van der Waals surface area contributed by atoms with Crippen LogP contribution in [0.5, 0.6) is 17.2 Å². The molecule has 0 heterocycles. The van der Waals surface area contributed by atoms with Crippen LogP contribution < -0.4 is 14.9 Å². The van der Waals surface area contributed by atoms with Crippen molar-refractivity contribution >= 4 is 23.5 Å². The molecule has 0 aliphatic heterocycles. The molecule has 5 nitrogen and oxygen atoms in total. The first-order valence-corrected chi connectivity index (χ1v) is 6.93. The highest BCUT2D eigenvalue weighted by Gasteiger charge is 2.10. The average molecular weight is 321 g/mol. The number of nitrogens with zero attached hydrogens (tertiary/aromatic N) is 1. The van der Waals surface area contributed by atoms with Gasteiger partial charge in [-0.3, -0.25) is 5.43 Å². The zero-order valence-corrected chi connectivity index (χ0v) is 13.3. The number of hydrazone groups is 1. The summed E-state index contributed by atoms with van der Waals surface area (Å²) in [7, 11) is 2.95. The minimum Gasteiger partial charge on any atom is -0.502 e. The van der Waals surface area contributed by atoms with Gasteiger partial charge in [-0.1, -0.05) is 17.7 Å². The second-order valence-corrected chi connectivity index (χ2v) is 4.96. The molecule has 0 radical (unpaired) electrons. The molecule has 0 spiro atoms. The molecule has 0 aliphatic carbocycles. The van der Waals surface area contributed by atoms with Gasteiger partial charge >= 0.3 is 0 Å². The molecule has 0 unspecified atom stereocenters. The maximum Gasteiger partial charge on any atom is 0.200 e. The third-order valence-corrected chi connectivity index (χ3v) is 3.58. The van der Waals surface area contributed by atoms with E-state index >= 15 is 0 Å². The van der Waals surface area contributed by atoms with Gasteiger partial charge in [0.05, 0.1) is 26.1 Å². The Hall–Kier alpha value is -2.40. The summed E-state index contributed by atoms with van der Waals surface area (Å²) in [5, 5.41) is 14.7. The Kier molecular flexibility index (Phi) is 5.12. The number of anilines is 1. The van der Waals surface area contributed by atoms with Gasteiger partial charge in [0, 0.05) is 10.6 Å². The number of methoxy groups -OCH3 is 2. The van der Waals surface area contributed by atoms with E-state index in [1.54, 1.807) is 18.3 Å². The van der Waals surface area contributed by atoms with E-state index in [0.29, 0.717) is 16.5 Å². The molecular weight excluding hydrogens is 304 g/mol. The van der Waals surface area contributed by atoms with Gasteiger partial charge < -0.3 is 14.6 Å². The van der Waals surface area contributed by atoms with E-state index in [-0.39, 0.29) is 5.75 Å². The van der Waals surface area contributed by atoms with E-state index in [0.717, 1.165) is 16.8 Å². The summed E-state index contributed by atoms with van der Waals surface area (Å²) in [6, 6.07) is 8.87. The summed E-state index contributed by atoms with van der Waals surface area (Å²) in [6.07, 6.45) is 1.60. The van der Waals surface area contributed by atoms with Crippen LogP contribution >= 0.6 is 11.6 Å². The molecule has 0 bridgehead atoms. The van der Waals surface area contributed by atoms with Crippen molar-refractivity contribution in [2.24, 2.45) is 5.10 Å². The van der Waals surface area contributed by atoms with Crippen LogP contribution in [0.15, 0.2) is 35.4 Å². The molecule has 22 heavy (non-hydrogen) atoms. The number of hydrogen-bond donors (Lipinski definition) is 2. The van der Waals surface area contributed by atoms with Crippen molar-refractivity contribution in [2.45, 2.75) is 6.92 Å². The Bertz CT molecular complexity index is 677. The smallest absolute Gasteiger partial charge is 0.200 e. The van der Waals surface area contributed by atoms with Crippen molar-refractivity contribution in [1.82, 2.24) is 0 Å². The molecule has 0 saturated heterocycles. The van der Waals surface area contributed by atoms with Crippen LogP contribution in [0.1, 0.15) is 11.1 Å². The van der Waals surface area contributed by atoms with Crippen molar-refractivity contribution in [3.8, 4) is 17.2 Å². The summed E-state index contributed by atoms with van der Waals surface area (Å²) in [6.45, 7) is 1.91. The molecule has 2 aromatic rings. The Balaban J connectivity index is 2.21. The highest BCUT2D eigenvalue weighted by Crippen LogP contribution is 2.36. The summed E-state index contributed by atoms with van der Waals surface area (Å²) in [5.41, 5.74) is 5.39. The fourth-order valence-electron chi connectivity index (χ4n) is 1.89. The fourth-order valence-corrected chi connectivity index (χ4v) is 2.07. The molecule has 0 amide bonds. The molecule has 0 aromatic heterocycles. The molecule has 0 fully saturated rings. The maximum atomic E-state index is 9.86. The summed E-state index contributed by atoms with van der Waals surface area (Å²) >= 11 is 6.05. The summed E-state index contributed by atoms with van der Waals surface area (Å²) < 4.78 is 10.2. The quantitative estimate of drug-likeness (QED) is 0.649. The third kappa shape index (κ3) is 3.43. The monoisotopic (exact) mass is 320 g/mol.